The Morgan fingerprint density at radius 3 is 2.52 bits per heavy atom. The lowest BCUT2D eigenvalue weighted by atomic mass is 10.0. The summed E-state index contributed by atoms with van der Waals surface area (Å²) in [6, 6.07) is 11.9. The van der Waals surface area contributed by atoms with Gasteiger partial charge in [-0.1, -0.05) is 24.3 Å². The van der Waals surface area contributed by atoms with Crippen LogP contribution in [0.3, 0.4) is 0 Å². The predicted molar refractivity (Wildman–Crippen MR) is 81.2 cm³/mol. The van der Waals surface area contributed by atoms with Gasteiger partial charge in [-0.15, -0.1) is 0 Å². The molecule has 4 heteroatoms. The van der Waals surface area contributed by atoms with E-state index in [-0.39, 0.29) is 17.8 Å². The summed E-state index contributed by atoms with van der Waals surface area (Å²) in [6.07, 6.45) is 0. The maximum absolute atomic E-state index is 11.4. The molecule has 2 aromatic rings. The number of furan rings is 1. The van der Waals surface area contributed by atoms with Gasteiger partial charge in [0.2, 0.25) is 5.76 Å². The Hall–Kier alpha value is -2.07. The number of benzene rings is 1. The number of carbonyl (C=O) groups excluding carboxylic acids is 1. The van der Waals surface area contributed by atoms with Crippen LogP contribution in [0.25, 0.3) is 0 Å². The molecular weight excluding hydrogens is 266 g/mol. The first-order valence-corrected chi connectivity index (χ1v) is 7.02. The number of aryl methyl sites for hydroxylation is 1. The van der Waals surface area contributed by atoms with Crippen LogP contribution in [0.15, 0.2) is 40.8 Å². The normalized spacial score (nSPS) is 13.7. The summed E-state index contributed by atoms with van der Waals surface area (Å²) < 4.78 is 10.2. The molecule has 0 aliphatic heterocycles. The predicted octanol–water partition coefficient (Wildman–Crippen LogP) is 3.79. The molecule has 0 fully saturated rings. The van der Waals surface area contributed by atoms with E-state index < -0.39 is 5.97 Å². The molecule has 0 saturated heterocycles. The molecule has 4 nitrogen and oxygen atoms in total. The summed E-state index contributed by atoms with van der Waals surface area (Å²) in [5.41, 5.74) is 2.50. The summed E-state index contributed by atoms with van der Waals surface area (Å²) in [6.45, 7) is 6.22. The van der Waals surface area contributed by atoms with Gasteiger partial charge in [0, 0.05) is 6.04 Å². The minimum absolute atomic E-state index is 0.00184. The lowest BCUT2D eigenvalue weighted by Gasteiger charge is -2.20. The number of rotatable bonds is 5. The molecule has 0 aliphatic rings. The van der Waals surface area contributed by atoms with Crippen LogP contribution in [0, 0.1) is 6.92 Å². The van der Waals surface area contributed by atoms with E-state index in [1.807, 2.05) is 19.1 Å². The molecule has 21 heavy (non-hydrogen) atoms. The first kappa shape index (κ1) is 15.3. The van der Waals surface area contributed by atoms with Crippen LogP contribution < -0.4 is 5.32 Å². The third kappa shape index (κ3) is 3.52. The highest BCUT2D eigenvalue weighted by atomic mass is 16.5. The minimum atomic E-state index is -0.458. The first-order chi connectivity index (χ1) is 10.0. The third-order valence-electron chi connectivity index (χ3n) is 3.60. The van der Waals surface area contributed by atoms with E-state index in [0.29, 0.717) is 0 Å². The molecule has 2 atom stereocenters. The molecule has 1 N–H and O–H groups in total. The summed E-state index contributed by atoms with van der Waals surface area (Å²) in [5, 5.41) is 3.48. The van der Waals surface area contributed by atoms with Crippen molar-refractivity contribution in [3.63, 3.8) is 0 Å². The number of esters is 1. The van der Waals surface area contributed by atoms with Crippen molar-refractivity contribution >= 4 is 5.97 Å². The summed E-state index contributed by atoms with van der Waals surface area (Å²) in [7, 11) is 1.34. The molecule has 0 spiro atoms. The largest absolute Gasteiger partial charge is 0.463 e. The molecular formula is C17H21NO3. The summed E-state index contributed by atoms with van der Waals surface area (Å²) in [4.78, 5) is 11.4. The zero-order valence-corrected chi connectivity index (χ0v) is 12.8. The summed E-state index contributed by atoms with van der Waals surface area (Å²) in [5.74, 6) is 0.487. The van der Waals surface area contributed by atoms with Crippen molar-refractivity contribution in [1.29, 1.82) is 0 Å². The van der Waals surface area contributed by atoms with Gasteiger partial charge in [0.05, 0.1) is 13.2 Å². The van der Waals surface area contributed by atoms with Crippen LogP contribution >= 0.6 is 0 Å². The van der Waals surface area contributed by atoms with Crippen LogP contribution in [0.4, 0.5) is 0 Å². The molecule has 0 aliphatic carbocycles. The average molecular weight is 287 g/mol. The molecule has 0 bridgehead atoms. The Kier molecular flexibility index (Phi) is 4.81. The number of methoxy groups -OCH3 is 1. The van der Waals surface area contributed by atoms with Crippen molar-refractivity contribution in [3.8, 4) is 0 Å². The van der Waals surface area contributed by atoms with E-state index in [4.69, 9.17) is 4.42 Å². The molecule has 0 saturated carbocycles. The molecule has 1 heterocycles. The fourth-order valence-electron chi connectivity index (χ4n) is 2.42. The Bertz CT molecular complexity index is 618. The summed E-state index contributed by atoms with van der Waals surface area (Å²) >= 11 is 0. The van der Waals surface area contributed by atoms with Gasteiger partial charge in [0.25, 0.3) is 0 Å². The third-order valence-corrected chi connectivity index (χ3v) is 3.60. The van der Waals surface area contributed by atoms with Gasteiger partial charge >= 0.3 is 5.97 Å². The van der Waals surface area contributed by atoms with Crippen LogP contribution in [0.5, 0.6) is 0 Å². The molecule has 0 radical (unpaired) electrons. The lowest BCUT2D eigenvalue weighted by Crippen LogP contribution is -2.22. The van der Waals surface area contributed by atoms with E-state index in [1.165, 1.54) is 18.2 Å². The first-order valence-electron chi connectivity index (χ1n) is 7.02. The second kappa shape index (κ2) is 6.59. The maximum atomic E-state index is 11.4. The number of carbonyl (C=O) groups is 1. The molecule has 1 aromatic heterocycles. The Balaban J connectivity index is 2.07. The highest BCUT2D eigenvalue weighted by Gasteiger charge is 2.17. The number of nitrogens with one attached hydrogen (secondary N) is 1. The topological polar surface area (TPSA) is 51.5 Å². The molecule has 112 valence electrons. The van der Waals surface area contributed by atoms with Gasteiger partial charge < -0.3 is 14.5 Å². The second-order valence-electron chi connectivity index (χ2n) is 5.16. The number of ether oxygens (including phenoxy) is 1. The lowest BCUT2D eigenvalue weighted by molar-refractivity contribution is 0.0562. The minimum Gasteiger partial charge on any atom is -0.463 e. The van der Waals surface area contributed by atoms with Crippen LogP contribution in [0.1, 0.15) is 53.4 Å². The van der Waals surface area contributed by atoms with Crippen LogP contribution in [-0.2, 0) is 4.74 Å². The van der Waals surface area contributed by atoms with Crippen molar-refractivity contribution in [2.75, 3.05) is 7.11 Å². The highest BCUT2D eigenvalue weighted by Crippen LogP contribution is 2.23. The van der Waals surface area contributed by atoms with Crippen molar-refractivity contribution in [1.82, 2.24) is 5.32 Å². The quantitative estimate of drug-likeness (QED) is 0.850. The molecule has 0 amide bonds. The van der Waals surface area contributed by atoms with Gasteiger partial charge in [-0.05, 0) is 44.0 Å². The van der Waals surface area contributed by atoms with Gasteiger partial charge in [-0.3, -0.25) is 0 Å². The Labute approximate surface area is 125 Å². The van der Waals surface area contributed by atoms with Gasteiger partial charge in [0.15, 0.2) is 0 Å². The number of hydrogen-bond donors (Lipinski definition) is 1. The zero-order valence-electron chi connectivity index (χ0n) is 12.8. The highest BCUT2D eigenvalue weighted by molar-refractivity contribution is 5.86. The smallest absolute Gasteiger partial charge is 0.373 e. The van der Waals surface area contributed by atoms with Gasteiger partial charge in [-0.25, -0.2) is 4.79 Å². The van der Waals surface area contributed by atoms with Gasteiger partial charge in [0.1, 0.15) is 5.76 Å². The van der Waals surface area contributed by atoms with Crippen LogP contribution in [-0.4, -0.2) is 13.1 Å². The number of hydrogen-bond acceptors (Lipinski definition) is 4. The standard InChI is InChI=1S/C17H21NO3/c1-11-7-5-6-8-14(11)12(2)18-13(3)15-9-10-16(21-15)17(19)20-4/h5-10,12-13,18H,1-4H3. The van der Waals surface area contributed by atoms with E-state index in [1.54, 1.807) is 12.1 Å². The van der Waals surface area contributed by atoms with Crippen molar-refractivity contribution in [2.45, 2.75) is 32.9 Å². The van der Waals surface area contributed by atoms with Crippen LogP contribution in [0.2, 0.25) is 0 Å². The fourth-order valence-corrected chi connectivity index (χ4v) is 2.42. The fraction of sp³-hybridized carbons (Fsp3) is 0.353. The van der Waals surface area contributed by atoms with E-state index in [0.717, 1.165) is 5.76 Å². The molecule has 2 rings (SSSR count). The molecule has 1 aromatic carbocycles. The SMILES string of the molecule is COC(=O)c1ccc(C(C)NC(C)c2ccccc2C)o1. The average Bonchev–Trinajstić information content (AvgIpc) is 2.96. The van der Waals surface area contributed by atoms with Crippen molar-refractivity contribution in [3.05, 3.63) is 59.0 Å². The second-order valence-corrected chi connectivity index (χ2v) is 5.16. The van der Waals surface area contributed by atoms with Crippen molar-refractivity contribution < 1.29 is 13.9 Å². The van der Waals surface area contributed by atoms with E-state index >= 15 is 0 Å². The van der Waals surface area contributed by atoms with E-state index in [2.05, 4.69) is 36.0 Å². The van der Waals surface area contributed by atoms with E-state index in [9.17, 15) is 4.79 Å². The van der Waals surface area contributed by atoms with Crippen molar-refractivity contribution in [2.24, 2.45) is 0 Å². The Morgan fingerprint density at radius 2 is 1.86 bits per heavy atom. The monoisotopic (exact) mass is 287 g/mol. The maximum Gasteiger partial charge on any atom is 0.373 e. The molecule has 2 unspecified atom stereocenters. The van der Waals surface area contributed by atoms with Gasteiger partial charge in [-0.2, -0.15) is 0 Å². The Morgan fingerprint density at radius 1 is 1.14 bits per heavy atom. The zero-order chi connectivity index (χ0) is 15.4.